The third-order valence-corrected chi connectivity index (χ3v) is 4.34. The Morgan fingerprint density at radius 1 is 1.23 bits per heavy atom. The number of halogens is 1. The van der Waals surface area contributed by atoms with E-state index < -0.39 is 12.1 Å². The fourth-order valence-electron chi connectivity index (χ4n) is 1.99. The third-order valence-electron chi connectivity index (χ3n) is 3.28. The van der Waals surface area contributed by atoms with E-state index in [4.69, 9.17) is 9.47 Å². The molecular weight excluding hydrogens is 348 g/mol. The van der Waals surface area contributed by atoms with Crippen LogP contribution in [-0.2, 0) is 0 Å². The van der Waals surface area contributed by atoms with Gasteiger partial charge in [0.25, 0.3) is 0 Å². The Kier molecular flexibility index (Phi) is 5.21. The van der Waals surface area contributed by atoms with E-state index in [1.807, 2.05) is 13.0 Å². The molecule has 0 fully saturated rings. The third kappa shape index (κ3) is 3.48. The van der Waals surface area contributed by atoms with Gasteiger partial charge in [-0.2, -0.15) is 0 Å². The maximum atomic E-state index is 12.4. The van der Waals surface area contributed by atoms with E-state index in [-0.39, 0.29) is 5.75 Å². The van der Waals surface area contributed by atoms with E-state index >= 15 is 0 Å². The molecule has 0 saturated carbocycles. The minimum atomic E-state index is -0.658. The Balaban J connectivity index is 2.35. The lowest BCUT2D eigenvalue weighted by Gasteiger charge is -2.13. The molecule has 0 aromatic heterocycles. The van der Waals surface area contributed by atoms with Gasteiger partial charge in [-0.1, -0.05) is 18.2 Å². The first-order valence-electron chi connectivity index (χ1n) is 6.77. The van der Waals surface area contributed by atoms with Crippen LogP contribution in [0.4, 0.5) is 0 Å². The average Bonchev–Trinajstić information content (AvgIpc) is 2.49. The number of rotatable bonds is 4. The summed E-state index contributed by atoms with van der Waals surface area (Å²) in [4.78, 5) is 12.4. The molecule has 0 amide bonds. The number of aliphatic hydroxyl groups excluding tert-OH is 1. The lowest BCUT2D eigenvalue weighted by molar-refractivity contribution is 0.0727. The molecule has 0 unspecified atom stereocenters. The largest absolute Gasteiger partial charge is 0.493 e. The Morgan fingerprint density at radius 3 is 2.59 bits per heavy atom. The van der Waals surface area contributed by atoms with Crippen molar-refractivity contribution in [2.45, 2.75) is 20.0 Å². The van der Waals surface area contributed by atoms with Gasteiger partial charge < -0.3 is 14.6 Å². The topological polar surface area (TPSA) is 55.8 Å². The van der Waals surface area contributed by atoms with Crippen LogP contribution in [-0.4, -0.2) is 18.2 Å². The number of carbonyl (C=O) groups excluding carboxylic acids is 1. The van der Waals surface area contributed by atoms with Crippen molar-refractivity contribution in [2.75, 3.05) is 7.11 Å². The van der Waals surface area contributed by atoms with Crippen molar-refractivity contribution in [3.63, 3.8) is 0 Å². The van der Waals surface area contributed by atoms with E-state index in [9.17, 15) is 9.90 Å². The maximum Gasteiger partial charge on any atom is 0.344 e. The van der Waals surface area contributed by atoms with Crippen molar-refractivity contribution < 1.29 is 19.4 Å². The van der Waals surface area contributed by atoms with Crippen LogP contribution in [0.15, 0.2) is 40.9 Å². The Labute approximate surface area is 137 Å². The van der Waals surface area contributed by atoms with Gasteiger partial charge in [0.2, 0.25) is 0 Å². The van der Waals surface area contributed by atoms with Crippen LogP contribution in [0.3, 0.4) is 0 Å². The fourth-order valence-corrected chi connectivity index (χ4v) is 2.42. The van der Waals surface area contributed by atoms with E-state index in [0.717, 1.165) is 5.56 Å². The first-order valence-corrected chi connectivity index (χ1v) is 7.56. The minimum absolute atomic E-state index is 0.277. The highest BCUT2D eigenvalue weighted by atomic mass is 79.9. The zero-order valence-corrected chi connectivity index (χ0v) is 14.2. The lowest BCUT2D eigenvalue weighted by Crippen LogP contribution is -2.11. The summed E-state index contributed by atoms with van der Waals surface area (Å²) in [6.07, 6.45) is -0.658. The van der Waals surface area contributed by atoms with E-state index in [1.54, 1.807) is 37.3 Å². The Hall–Kier alpha value is -1.85. The number of hydrogen-bond acceptors (Lipinski definition) is 4. The summed E-state index contributed by atoms with van der Waals surface area (Å²) < 4.78 is 11.3. The number of benzene rings is 2. The molecule has 0 heterocycles. The van der Waals surface area contributed by atoms with Crippen molar-refractivity contribution in [3.05, 3.63) is 57.6 Å². The Morgan fingerprint density at radius 2 is 1.95 bits per heavy atom. The molecule has 0 aliphatic heterocycles. The van der Waals surface area contributed by atoms with Crippen LogP contribution in [0.2, 0.25) is 0 Å². The molecule has 0 bridgehead atoms. The number of methoxy groups -OCH3 is 1. The molecule has 4 nitrogen and oxygen atoms in total. The lowest BCUT2D eigenvalue weighted by atomic mass is 10.1. The van der Waals surface area contributed by atoms with Crippen molar-refractivity contribution >= 4 is 21.9 Å². The monoisotopic (exact) mass is 364 g/mol. The van der Waals surface area contributed by atoms with Gasteiger partial charge >= 0.3 is 5.97 Å². The molecule has 0 aliphatic carbocycles. The highest BCUT2D eigenvalue weighted by Gasteiger charge is 2.17. The van der Waals surface area contributed by atoms with Crippen molar-refractivity contribution in [3.8, 4) is 11.5 Å². The molecule has 2 aromatic carbocycles. The molecule has 1 N–H and O–H groups in total. The summed E-state index contributed by atoms with van der Waals surface area (Å²) in [6.45, 7) is 3.54. The van der Waals surface area contributed by atoms with Gasteiger partial charge in [-0.3, -0.25) is 0 Å². The van der Waals surface area contributed by atoms with Gasteiger partial charge in [-0.05, 0) is 59.1 Å². The van der Waals surface area contributed by atoms with Gasteiger partial charge in [-0.15, -0.1) is 0 Å². The molecule has 0 radical (unpaired) electrons. The predicted octanol–water partition coefficient (Wildman–Crippen LogP) is 4.04. The number of ether oxygens (including phenoxy) is 2. The van der Waals surface area contributed by atoms with Crippen molar-refractivity contribution in [2.24, 2.45) is 0 Å². The van der Waals surface area contributed by atoms with Crippen LogP contribution >= 0.6 is 15.9 Å². The summed E-state index contributed by atoms with van der Waals surface area (Å²) in [5.41, 5.74) is 2.02. The average molecular weight is 365 g/mol. The van der Waals surface area contributed by atoms with Gasteiger partial charge in [0.1, 0.15) is 0 Å². The molecule has 1 atom stereocenters. The van der Waals surface area contributed by atoms with Crippen molar-refractivity contribution in [1.29, 1.82) is 0 Å². The molecule has 0 spiro atoms. The smallest absolute Gasteiger partial charge is 0.344 e. The number of hydrogen-bond donors (Lipinski definition) is 1. The van der Waals surface area contributed by atoms with E-state index in [0.29, 0.717) is 21.3 Å². The summed E-state index contributed by atoms with van der Waals surface area (Å²) in [6, 6.07) is 10.4. The molecule has 5 heteroatoms. The van der Waals surface area contributed by atoms with Crippen LogP contribution in [0.1, 0.15) is 34.5 Å². The molecule has 0 aliphatic rings. The molecular formula is C17H17BrO4. The van der Waals surface area contributed by atoms with Gasteiger partial charge in [0, 0.05) is 4.47 Å². The predicted molar refractivity (Wildman–Crippen MR) is 87.5 cm³/mol. The zero-order valence-electron chi connectivity index (χ0n) is 12.6. The molecule has 2 aromatic rings. The van der Waals surface area contributed by atoms with E-state index in [2.05, 4.69) is 15.9 Å². The van der Waals surface area contributed by atoms with E-state index in [1.165, 1.54) is 7.11 Å². The van der Waals surface area contributed by atoms with Crippen LogP contribution in [0, 0.1) is 6.92 Å². The second-order valence-electron chi connectivity index (χ2n) is 4.91. The van der Waals surface area contributed by atoms with Crippen LogP contribution in [0.5, 0.6) is 11.5 Å². The molecule has 22 heavy (non-hydrogen) atoms. The Bertz CT molecular complexity index is 695. The first-order chi connectivity index (χ1) is 10.4. The molecule has 116 valence electrons. The van der Waals surface area contributed by atoms with Crippen molar-refractivity contribution in [1.82, 2.24) is 0 Å². The second-order valence-corrected chi connectivity index (χ2v) is 5.71. The standard InChI is InChI=1S/C17H17BrO4/c1-10-5-4-6-13(16(10)18)17(20)22-15-9-12(11(2)19)7-8-14(15)21-3/h4-9,11,19H,1-3H3/t11-/m1/s1. The highest BCUT2D eigenvalue weighted by Crippen LogP contribution is 2.32. The first kappa shape index (κ1) is 16.5. The summed E-state index contributed by atoms with van der Waals surface area (Å²) in [5, 5.41) is 9.65. The van der Waals surface area contributed by atoms with Gasteiger partial charge in [0.05, 0.1) is 18.8 Å². The summed E-state index contributed by atoms with van der Waals surface area (Å²) in [5.74, 6) is 0.220. The highest BCUT2D eigenvalue weighted by molar-refractivity contribution is 9.10. The minimum Gasteiger partial charge on any atom is -0.493 e. The second kappa shape index (κ2) is 6.94. The fraction of sp³-hybridized carbons (Fsp3) is 0.235. The number of aliphatic hydroxyl groups is 1. The zero-order chi connectivity index (χ0) is 16.3. The number of esters is 1. The summed E-state index contributed by atoms with van der Waals surface area (Å²) in [7, 11) is 1.50. The number of carbonyl (C=O) groups is 1. The van der Waals surface area contributed by atoms with Crippen LogP contribution < -0.4 is 9.47 Å². The van der Waals surface area contributed by atoms with Crippen LogP contribution in [0.25, 0.3) is 0 Å². The summed E-state index contributed by atoms with van der Waals surface area (Å²) >= 11 is 3.40. The molecule has 0 saturated heterocycles. The normalized spacial score (nSPS) is 11.9. The number of aryl methyl sites for hydroxylation is 1. The quantitative estimate of drug-likeness (QED) is 0.656. The van der Waals surface area contributed by atoms with Gasteiger partial charge in [-0.25, -0.2) is 4.79 Å². The molecule has 2 rings (SSSR count). The maximum absolute atomic E-state index is 12.4. The van der Waals surface area contributed by atoms with Gasteiger partial charge in [0.15, 0.2) is 11.5 Å². The SMILES string of the molecule is COc1ccc([C@@H](C)O)cc1OC(=O)c1cccc(C)c1Br.